The van der Waals surface area contributed by atoms with Crippen LogP contribution in [0.4, 0.5) is 10.9 Å². The second-order valence-electron chi connectivity index (χ2n) is 5.39. The van der Waals surface area contributed by atoms with Crippen LogP contribution in [-0.4, -0.2) is 36.2 Å². The van der Waals surface area contributed by atoms with Gasteiger partial charge in [-0.15, -0.1) is 0 Å². The molecule has 1 unspecified atom stereocenters. The highest BCUT2D eigenvalue weighted by Crippen LogP contribution is 2.32. The van der Waals surface area contributed by atoms with Gasteiger partial charge in [0.1, 0.15) is 10.7 Å². The minimum Gasteiger partial charge on any atom is -0.382 e. The molecule has 0 spiro atoms. The number of nitrogens with two attached hydrogens (primary N) is 1. The van der Waals surface area contributed by atoms with Gasteiger partial charge in [0.25, 0.3) is 5.91 Å². The molecule has 1 amide bonds. The van der Waals surface area contributed by atoms with Crippen molar-refractivity contribution in [3.63, 3.8) is 0 Å². The summed E-state index contributed by atoms with van der Waals surface area (Å²) in [7, 11) is 1.76. The van der Waals surface area contributed by atoms with Crippen molar-refractivity contribution in [3.8, 4) is 0 Å². The molecular weight excluding hydrogens is 288 g/mol. The summed E-state index contributed by atoms with van der Waals surface area (Å²) in [5.41, 5.74) is 5.70. The Balaban J connectivity index is 2.03. The van der Waals surface area contributed by atoms with Gasteiger partial charge in [-0.05, 0) is 25.7 Å². The van der Waals surface area contributed by atoms with Crippen molar-refractivity contribution in [2.75, 3.05) is 24.7 Å². The van der Waals surface area contributed by atoms with Crippen LogP contribution in [-0.2, 0) is 4.74 Å². The first-order valence-corrected chi connectivity index (χ1v) is 8.24. The summed E-state index contributed by atoms with van der Waals surface area (Å²) in [5, 5.41) is 6.64. The maximum atomic E-state index is 12.4. The van der Waals surface area contributed by atoms with Crippen LogP contribution in [0.1, 0.15) is 49.2 Å². The third-order valence-electron chi connectivity index (χ3n) is 4.19. The number of nitrogens with one attached hydrogen (secondary N) is 2. The molecule has 1 fully saturated rings. The van der Waals surface area contributed by atoms with E-state index in [0.29, 0.717) is 16.6 Å². The Bertz CT molecular complexity index is 499. The monoisotopic (exact) mass is 312 g/mol. The molecule has 6 nitrogen and oxygen atoms in total. The lowest BCUT2D eigenvalue weighted by Crippen LogP contribution is -2.48. The van der Waals surface area contributed by atoms with Crippen molar-refractivity contribution in [2.24, 2.45) is 0 Å². The first-order valence-electron chi connectivity index (χ1n) is 7.42. The van der Waals surface area contributed by atoms with E-state index in [0.717, 1.165) is 25.7 Å². The lowest BCUT2D eigenvalue weighted by molar-refractivity contribution is -0.0917. The average molecular weight is 312 g/mol. The molecule has 118 valence electrons. The van der Waals surface area contributed by atoms with Gasteiger partial charge in [0.2, 0.25) is 0 Å². The van der Waals surface area contributed by atoms with Crippen LogP contribution in [0.3, 0.4) is 0 Å². The Morgan fingerprint density at radius 1 is 1.52 bits per heavy atom. The van der Waals surface area contributed by atoms with Crippen LogP contribution in [0.2, 0.25) is 0 Å². The predicted molar refractivity (Wildman–Crippen MR) is 85.8 cm³/mol. The number of anilines is 2. The highest BCUT2D eigenvalue weighted by molar-refractivity contribution is 7.18. The third-order valence-corrected chi connectivity index (χ3v) is 5.28. The van der Waals surface area contributed by atoms with Crippen LogP contribution in [0.25, 0.3) is 0 Å². The van der Waals surface area contributed by atoms with E-state index >= 15 is 0 Å². The number of hydrogen-bond donors (Lipinski definition) is 3. The Labute approximate surface area is 129 Å². The first kappa shape index (κ1) is 16.0. The molecule has 1 atom stereocenters. The maximum absolute atomic E-state index is 12.4. The van der Waals surface area contributed by atoms with E-state index in [9.17, 15) is 4.79 Å². The number of amides is 1. The summed E-state index contributed by atoms with van der Waals surface area (Å²) in [6.07, 6.45) is 3.61. The zero-order valence-corrected chi connectivity index (χ0v) is 13.7. The Kier molecular flexibility index (Phi) is 5.05. The molecule has 1 aliphatic rings. The molecule has 0 bridgehead atoms. The topological polar surface area (TPSA) is 89.3 Å². The summed E-state index contributed by atoms with van der Waals surface area (Å²) in [4.78, 5) is 16.9. The SMILES string of the molecule is CCC1(CC)CC(NC(=O)c2sc(NC)nc2N)CCO1. The predicted octanol–water partition coefficient (Wildman–Crippen LogP) is 2.23. The van der Waals surface area contributed by atoms with E-state index in [1.807, 2.05) is 0 Å². The number of nitrogens with zero attached hydrogens (tertiary/aromatic N) is 1. The number of carbonyl (C=O) groups excluding carboxylic acids is 1. The van der Waals surface area contributed by atoms with Crippen LogP contribution >= 0.6 is 11.3 Å². The average Bonchev–Trinajstić information content (AvgIpc) is 2.88. The summed E-state index contributed by atoms with van der Waals surface area (Å²) in [6.45, 7) is 4.95. The van der Waals surface area contributed by atoms with Crippen molar-refractivity contribution in [1.82, 2.24) is 10.3 Å². The molecule has 0 radical (unpaired) electrons. The van der Waals surface area contributed by atoms with Gasteiger partial charge in [-0.3, -0.25) is 4.79 Å². The van der Waals surface area contributed by atoms with Crippen molar-refractivity contribution in [3.05, 3.63) is 4.88 Å². The standard InChI is InChI=1S/C14H24N4O2S/c1-4-14(5-2)8-9(6-7-20-14)17-12(19)10-11(15)18-13(16-3)21-10/h9H,4-8,15H2,1-3H3,(H,16,18)(H,17,19). The van der Waals surface area contributed by atoms with Crippen molar-refractivity contribution in [1.29, 1.82) is 0 Å². The van der Waals surface area contributed by atoms with Gasteiger partial charge < -0.3 is 21.1 Å². The number of thiazole rings is 1. The molecule has 1 saturated heterocycles. The van der Waals surface area contributed by atoms with Gasteiger partial charge in [-0.25, -0.2) is 4.98 Å². The molecule has 2 rings (SSSR count). The fourth-order valence-electron chi connectivity index (χ4n) is 2.75. The molecule has 1 aliphatic heterocycles. The fourth-order valence-corrected chi connectivity index (χ4v) is 3.49. The van der Waals surface area contributed by atoms with E-state index in [1.165, 1.54) is 11.3 Å². The minimum atomic E-state index is -0.139. The second-order valence-corrected chi connectivity index (χ2v) is 6.38. The van der Waals surface area contributed by atoms with E-state index < -0.39 is 0 Å². The van der Waals surface area contributed by atoms with Crippen molar-refractivity contribution < 1.29 is 9.53 Å². The number of rotatable bonds is 5. The largest absolute Gasteiger partial charge is 0.382 e. The lowest BCUT2D eigenvalue weighted by atomic mass is 9.86. The van der Waals surface area contributed by atoms with E-state index in [4.69, 9.17) is 10.5 Å². The number of ether oxygens (including phenoxy) is 1. The summed E-state index contributed by atoms with van der Waals surface area (Å²) in [5.74, 6) is 0.144. The van der Waals surface area contributed by atoms with Crippen LogP contribution < -0.4 is 16.4 Å². The number of nitrogen functional groups attached to an aromatic ring is 1. The molecular formula is C14H24N4O2S. The molecule has 2 heterocycles. The maximum Gasteiger partial charge on any atom is 0.265 e. The Morgan fingerprint density at radius 2 is 2.24 bits per heavy atom. The van der Waals surface area contributed by atoms with Gasteiger partial charge in [0.05, 0.1) is 5.60 Å². The molecule has 0 aliphatic carbocycles. The number of aromatic nitrogens is 1. The van der Waals surface area contributed by atoms with E-state index in [-0.39, 0.29) is 23.4 Å². The number of carbonyl (C=O) groups is 1. The molecule has 21 heavy (non-hydrogen) atoms. The lowest BCUT2D eigenvalue weighted by Gasteiger charge is -2.40. The Hall–Kier alpha value is -1.34. The van der Waals surface area contributed by atoms with Gasteiger partial charge in [0, 0.05) is 19.7 Å². The molecule has 7 heteroatoms. The minimum absolute atomic E-state index is 0.106. The quantitative estimate of drug-likeness (QED) is 0.776. The van der Waals surface area contributed by atoms with Crippen LogP contribution in [0, 0.1) is 0 Å². The van der Waals surface area contributed by atoms with Crippen molar-refractivity contribution >= 4 is 28.2 Å². The zero-order chi connectivity index (χ0) is 15.5. The van der Waals surface area contributed by atoms with Crippen LogP contribution in [0.15, 0.2) is 0 Å². The van der Waals surface area contributed by atoms with Crippen molar-refractivity contribution in [2.45, 2.75) is 51.2 Å². The van der Waals surface area contributed by atoms with E-state index in [2.05, 4.69) is 29.5 Å². The molecule has 1 aromatic heterocycles. The first-order chi connectivity index (χ1) is 10.0. The van der Waals surface area contributed by atoms with Gasteiger partial charge >= 0.3 is 0 Å². The second kappa shape index (κ2) is 6.62. The highest BCUT2D eigenvalue weighted by Gasteiger charge is 2.35. The van der Waals surface area contributed by atoms with E-state index in [1.54, 1.807) is 7.05 Å². The third kappa shape index (κ3) is 3.47. The summed E-state index contributed by atoms with van der Waals surface area (Å²) in [6, 6.07) is 0.130. The summed E-state index contributed by atoms with van der Waals surface area (Å²) >= 11 is 1.28. The Morgan fingerprint density at radius 3 is 2.81 bits per heavy atom. The molecule has 1 aromatic rings. The highest BCUT2D eigenvalue weighted by atomic mass is 32.1. The molecule has 0 saturated carbocycles. The normalized spacial score (nSPS) is 21.0. The molecule has 4 N–H and O–H groups in total. The van der Waals surface area contributed by atoms with Crippen LogP contribution in [0.5, 0.6) is 0 Å². The van der Waals surface area contributed by atoms with Gasteiger partial charge in [-0.1, -0.05) is 25.2 Å². The number of hydrogen-bond acceptors (Lipinski definition) is 6. The van der Waals surface area contributed by atoms with Gasteiger partial charge in [0.15, 0.2) is 5.13 Å². The zero-order valence-electron chi connectivity index (χ0n) is 12.9. The summed E-state index contributed by atoms with van der Waals surface area (Å²) < 4.78 is 5.93. The molecule has 0 aromatic carbocycles. The fraction of sp³-hybridized carbons (Fsp3) is 0.714. The smallest absolute Gasteiger partial charge is 0.265 e. The van der Waals surface area contributed by atoms with Gasteiger partial charge in [-0.2, -0.15) is 0 Å².